The van der Waals surface area contributed by atoms with Crippen LogP contribution in [-0.4, -0.2) is 4.98 Å². The van der Waals surface area contributed by atoms with Crippen molar-refractivity contribution >= 4 is 0 Å². The Balaban J connectivity index is 2.14. The molecule has 1 aromatic carbocycles. The molecule has 0 saturated heterocycles. The molecular weight excluding hydrogens is 231 g/mol. The van der Waals surface area contributed by atoms with Gasteiger partial charge in [0.15, 0.2) is 0 Å². The van der Waals surface area contributed by atoms with E-state index in [1.807, 2.05) is 6.07 Å². The Hall–Kier alpha value is -2.41. The van der Waals surface area contributed by atoms with Gasteiger partial charge in [-0.25, -0.2) is 9.37 Å². The third-order valence-corrected chi connectivity index (χ3v) is 2.39. The highest BCUT2D eigenvalue weighted by Crippen LogP contribution is 2.14. The standard InChI is InChI=1S/C14H11FN2O/c1-10-6-11(8-16)7-14(17-10)18-9-12-4-2-3-5-13(12)15/h2-7H,9H2,1H3. The van der Waals surface area contributed by atoms with Crippen LogP contribution in [0, 0.1) is 24.1 Å². The summed E-state index contributed by atoms with van der Waals surface area (Å²) in [6, 6.07) is 11.6. The minimum atomic E-state index is -0.314. The summed E-state index contributed by atoms with van der Waals surface area (Å²) in [5, 5.41) is 8.82. The molecule has 0 N–H and O–H groups in total. The van der Waals surface area contributed by atoms with Gasteiger partial charge in [0.05, 0.1) is 11.6 Å². The lowest BCUT2D eigenvalue weighted by Gasteiger charge is -2.07. The van der Waals surface area contributed by atoms with Gasteiger partial charge in [-0.2, -0.15) is 5.26 Å². The fraction of sp³-hybridized carbons (Fsp3) is 0.143. The van der Waals surface area contributed by atoms with Crippen LogP contribution in [0.1, 0.15) is 16.8 Å². The number of benzene rings is 1. The Morgan fingerprint density at radius 2 is 2.11 bits per heavy atom. The van der Waals surface area contributed by atoms with Crippen molar-refractivity contribution in [2.75, 3.05) is 0 Å². The van der Waals surface area contributed by atoms with Crippen molar-refractivity contribution in [2.45, 2.75) is 13.5 Å². The topological polar surface area (TPSA) is 45.9 Å². The smallest absolute Gasteiger partial charge is 0.215 e. The third-order valence-electron chi connectivity index (χ3n) is 2.39. The second-order valence-electron chi connectivity index (χ2n) is 3.83. The molecule has 0 unspecified atom stereocenters. The third kappa shape index (κ3) is 2.83. The van der Waals surface area contributed by atoms with Crippen molar-refractivity contribution in [3.8, 4) is 11.9 Å². The average molecular weight is 242 g/mol. The zero-order chi connectivity index (χ0) is 13.0. The van der Waals surface area contributed by atoms with Gasteiger partial charge >= 0.3 is 0 Å². The van der Waals surface area contributed by atoms with Crippen LogP contribution in [0.2, 0.25) is 0 Å². The fourth-order valence-electron chi connectivity index (χ4n) is 1.54. The Labute approximate surface area is 104 Å². The van der Waals surface area contributed by atoms with Crippen LogP contribution in [0.4, 0.5) is 4.39 Å². The number of ether oxygens (including phenoxy) is 1. The summed E-state index contributed by atoms with van der Waals surface area (Å²) in [5.74, 6) is 0.0143. The summed E-state index contributed by atoms with van der Waals surface area (Å²) in [6.07, 6.45) is 0. The van der Waals surface area contributed by atoms with E-state index >= 15 is 0 Å². The van der Waals surface area contributed by atoms with Crippen molar-refractivity contribution in [2.24, 2.45) is 0 Å². The van der Waals surface area contributed by atoms with Crippen LogP contribution in [-0.2, 0) is 6.61 Å². The Morgan fingerprint density at radius 3 is 2.83 bits per heavy atom. The molecule has 1 aromatic heterocycles. The quantitative estimate of drug-likeness (QED) is 0.831. The maximum absolute atomic E-state index is 13.4. The Morgan fingerprint density at radius 1 is 1.33 bits per heavy atom. The monoisotopic (exact) mass is 242 g/mol. The molecule has 90 valence electrons. The van der Waals surface area contributed by atoms with E-state index in [-0.39, 0.29) is 12.4 Å². The number of pyridine rings is 1. The minimum absolute atomic E-state index is 0.0913. The summed E-state index contributed by atoms with van der Waals surface area (Å²) in [5.41, 5.74) is 1.63. The van der Waals surface area contributed by atoms with E-state index in [2.05, 4.69) is 4.98 Å². The highest BCUT2D eigenvalue weighted by molar-refractivity contribution is 5.34. The SMILES string of the molecule is Cc1cc(C#N)cc(OCc2ccccc2F)n1. The van der Waals surface area contributed by atoms with Crippen molar-refractivity contribution in [3.05, 3.63) is 59.0 Å². The molecule has 2 rings (SSSR count). The first-order chi connectivity index (χ1) is 8.69. The molecule has 18 heavy (non-hydrogen) atoms. The highest BCUT2D eigenvalue weighted by atomic mass is 19.1. The minimum Gasteiger partial charge on any atom is -0.473 e. The molecule has 0 spiro atoms. The molecule has 0 aliphatic carbocycles. The molecule has 0 bridgehead atoms. The first-order valence-corrected chi connectivity index (χ1v) is 5.44. The van der Waals surface area contributed by atoms with Gasteiger partial charge in [-0.15, -0.1) is 0 Å². The number of nitrogens with zero attached hydrogens (tertiary/aromatic N) is 2. The number of rotatable bonds is 3. The molecule has 0 atom stereocenters. The van der Waals surface area contributed by atoms with Crippen LogP contribution >= 0.6 is 0 Å². The largest absolute Gasteiger partial charge is 0.473 e. The van der Waals surface area contributed by atoms with Gasteiger partial charge in [0, 0.05) is 17.3 Å². The molecule has 0 fully saturated rings. The molecule has 2 aromatic rings. The molecule has 0 saturated carbocycles. The molecule has 3 nitrogen and oxygen atoms in total. The molecule has 0 radical (unpaired) electrons. The van der Waals surface area contributed by atoms with Crippen molar-refractivity contribution in [1.29, 1.82) is 5.26 Å². The van der Waals surface area contributed by atoms with Gasteiger partial charge in [-0.3, -0.25) is 0 Å². The van der Waals surface area contributed by atoms with Crippen LogP contribution < -0.4 is 4.74 Å². The van der Waals surface area contributed by atoms with Gasteiger partial charge in [0.25, 0.3) is 0 Å². The summed E-state index contributed by atoms with van der Waals surface area (Å²) >= 11 is 0. The van der Waals surface area contributed by atoms with Gasteiger partial charge in [0.1, 0.15) is 12.4 Å². The lowest BCUT2D eigenvalue weighted by molar-refractivity contribution is 0.287. The van der Waals surface area contributed by atoms with Gasteiger partial charge in [0.2, 0.25) is 5.88 Å². The predicted molar refractivity (Wildman–Crippen MR) is 64.4 cm³/mol. The van der Waals surface area contributed by atoms with Crippen molar-refractivity contribution < 1.29 is 9.13 Å². The molecule has 4 heteroatoms. The van der Waals surface area contributed by atoms with Crippen molar-refractivity contribution in [1.82, 2.24) is 4.98 Å². The van der Waals surface area contributed by atoms with Crippen LogP contribution in [0.3, 0.4) is 0 Å². The number of nitriles is 1. The van der Waals surface area contributed by atoms with E-state index < -0.39 is 0 Å². The number of aryl methyl sites for hydroxylation is 1. The average Bonchev–Trinajstić information content (AvgIpc) is 2.37. The zero-order valence-corrected chi connectivity index (χ0v) is 9.85. The molecule has 1 heterocycles. The predicted octanol–water partition coefficient (Wildman–Crippen LogP) is 2.98. The zero-order valence-electron chi connectivity index (χ0n) is 9.85. The van der Waals surface area contributed by atoms with E-state index in [0.29, 0.717) is 22.7 Å². The van der Waals surface area contributed by atoms with Gasteiger partial charge < -0.3 is 4.74 Å². The Bertz CT molecular complexity index is 605. The first-order valence-electron chi connectivity index (χ1n) is 5.44. The molecule has 0 amide bonds. The normalized spacial score (nSPS) is 9.83. The number of hydrogen-bond donors (Lipinski definition) is 0. The van der Waals surface area contributed by atoms with Crippen LogP contribution in [0.15, 0.2) is 36.4 Å². The van der Waals surface area contributed by atoms with E-state index in [1.165, 1.54) is 12.1 Å². The van der Waals surface area contributed by atoms with Crippen LogP contribution in [0.25, 0.3) is 0 Å². The number of hydrogen-bond acceptors (Lipinski definition) is 3. The second kappa shape index (κ2) is 5.28. The fourth-order valence-corrected chi connectivity index (χ4v) is 1.54. The van der Waals surface area contributed by atoms with E-state index in [0.717, 1.165) is 0 Å². The van der Waals surface area contributed by atoms with E-state index in [1.54, 1.807) is 31.2 Å². The molecule has 0 aliphatic rings. The summed E-state index contributed by atoms with van der Waals surface area (Å²) in [6.45, 7) is 1.87. The molecule has 0 aliphatic heterocycles. The maximum Gasteiger partial charge on any atom is 0.215 e. The first kappa shape index (κ1) is 12.1. The van der Waals surface area contributed by atoms with Gasteiger partial charge in [-0.05, 0) is 19.1 Å². The molecular formula is C14H11FN2O. The maximum atomic E-state index is 13.4. The highest BCUT2D eigenvalue weighted by Gasteiger charge is 2.04. The lowest BCUT2D eigenvalue weighted by Crippen LogP contribution is -2.00. The Kier molecular flexibility index (Phi) is 3.54. The second-order valence-corrected chi connectivity index (χ2v) is 3.83. The van der Waals surface area contributed by atoms with E-state index in [4.69, 9.17) is 10.00 Å². The number of halogens is 1. The number of aromatic nitrogens is 1. The van der Waals surface area contributed by atoms with Crippen LogP contribution in [0.5, 0.6) is 5.88 Å². The van der Waals surface area contributed by atoms with Gasteiger partial charge in [-0.1, -0.05) is 18.2 Å². The summed E-state index contributed by atoms with van der Waals surface area (Å²) in [7, 11) is 0. The lowest BCUT2D eigenvalue weighted by atomic mass is 10.2. The summed E-state index contributed by atoms with van der Waals surface area (Å²) < 4.78 is 18.8. The van der Waals surface area contributed by atoms with Crippen molar-refractivity contribution in [3.63, 3.8) is 0 Å². The summed E-state index contributed by atoms with van der Waals surface area (Å²) in [4.78, 5) is 4.13. The van der Waals surface area contributed by atoms with E-state index in [9.17, 15) is 4.39 Å².